The van der Waals surface area contributed by atoms with Gasteiger partial charge in [0.1, 0.15) is 0 Å². The smallest absolute Gasteiger partial charge is 0.0987 e. The molecule has 0 amide bonds. The maximum Gasteiger partial charge on any atom is 0.0987 e. The Hall–Kier alpha value is -0.120. The van der Waals surface area contributed by atoms with E-state index in [4.69, 9.17) is 9.47 Å². The van der Waals surface area contributed by atoms with E-state index < -0.39 is 0 Å². The predicted molar refractivity (Wildman–Crippen MR) is 73.7 cm³/mol. The Morgan fingerprint density at radius 3 is 2.50 bits per heavy atom. The van der Waals surface area contributed by atoms with Crippen molar-refractivity contribution >= 4 is 0 Å². The summed E-state index contributed by atoms with van der Waals surface area (Å²) in [6.07, 6.45) is 5.88. The normalized spacial score (nSPS) is 44.7. The lowest BCUT2D eigenvalue weighted by Gasteiger charge is -2.46. The van der Waals surface area contributed by atoms with Crippen molar-refractivity contribution in [3.63, 3.8) is 0 Å². The van der Waals surface area contributed by atoms with Crippen LogP contribution in [0.25, 0.3) is 0 Å². The van der Waals surface area contributed by atoms with Crippen LogP contribution in [-0.4, -0.2) is 38.0 Å². The van der Waals surface area contributed by atoms with Crippen molar-refractivity contribution in [3.05, 3.63) is 0 Å². The molecule has 2 aliphatic rings. The molecule has 18 heavy (non-hydrogen) atoms. The van der Waals surface area contributed by atoms with Gasteiger partial charge < -0.3 is 14.8 Å². The number of likely N-dealkylation sites (N-methyl/N-ethyl adjacent to an activating group) is 1. The molecule has 0 spiro atoms. The third kappa shape index (κ3) is 3.06. The number of nitrogens with one attached hydrogen (secondary N) is 1. The number of ether oxygens (including phenoxy) is 2. The molecule has 2 rings (SSSR count). The van der Waals surface area contributed by atoms with E-state index in [9.17, 15) is 0 Å². The van der Waals surface area contributed by atoms with Crippen molar-refractivity contribution in [1.29, 1.82) is 0 Å². The maximum absolute atomic E-state index is 6.26. The van der Waals surface area contributed by atoms with Crippen molar-refractivity contribution in [1.82, 2.24) is 5.32 Å². The van der Waals surface area contributed by atoms with E-state index >= 15 is 0 Å². The van der Waals surface area contributed by atoms with Gasteiger partial charge in [-0.3, -0.25) is 0 Å². The van der Waals surface area contributed by atoms with Crippen molar-refractivity contribution in [2.24, 2.45) is 11.8 Å². The molecular formula is C15H29NO2. The van der Waals surface area contributed by atoms with Gasteiger partial charge in [0, 0.05) is 13.2 Å². The first-order valence-corrected chi connectivity index (χ1v) is 7.57. The fourth-order valence-corrected chi connectivity index (χ4v) is 3.36. The molecule has 3 heteroatoms. The summed E-state index contributed by atoms with van der Waals surface area (Å²) in [5.41, 5.74) is 0. The minimum atomic E-state index is 0.250. The molecule has 2 aliphatic carbocycles. The molecule has 6 unspecified atom stereocenters. The molecule has 0 radical (unpaired) electrons. The highest BCUT2D eigenvalue weighted by Gasteiger charge is 2.43. The predicted octanol–water partition coefficient (Wildman–Crippen LogP) is 2.59. The largest absolute Gasteiger partial charge is 0.377 e. The fraction of sp³-hybridized carbons (Fsp3) is 1.00. The lowest BCUT2D eigenvalue weighted by Crippen LogP contribution is -2.60. The second-order valence-electron chi connectivity index (χ2n) is 6.16. The number of hydrogen-bond donors (Lipinski definition) is 1. The molecule has 1 N–H and O–H groups in total. The Morgan fingerprint density at radius 2 is 1.89 bits per heavy atom. The van der Waals surface area contributed by atoms with Crippen LogP contribution in [-0.2, 0) is 9.47 Å². The van der Waals surface area contributed by atoms with Gasteiger partial charge in [-0.25, -0.2) is 0 Å². The van der Waals surface area contributed by atoms with Crippen molar-refractivity contribution < 1.29 is 9.47 Å². The number of methoxy groups -OCH3 is 1. The third-order valence-electron chi connectivity index (χ3n) is 4.91. The second-order valence-corrected chi connectivity index (χ2v) is 6.16. The Morgan fingerprint density at radius 1 is 1.11 bits per heavy atom. The van der Waals surface area contributed by atoms with E-state index in [1.807, 2.05) is 0 Å². The standard InChI is InChI=1S/C15H29NO2/c1-5-16-13-9-14(15(13)17-4)18-12-7-6-10(2)11(3)8-12/h10-16H,5-9H2,1-4H3. The summed E-state index contributed by atoms with van der Waals surface area (Å²) in [5, 5.41) is 3.46. The van der Waals surface area contributed by atoms with E-state index in [0.717, 1.165) is 24.8 Å². The molecule has 2 fully saturated rings. The van der Waals surface area contributed by atoms with Crippen LogP contribution < -0.4 is 5.32 Å². The van der Waals surface area contributed by atoms with Crippen LogP contribution in [0, 0.1) is 11.8 Å². The first kappa shape index (κ1) is 14.3. The Kier molecular flexibility index (Phi) is 5.05. The molecule has 106 valence electrons. The van der Waals surface area contributed by atoms with Crippen LogP contribution in [0.4, 0.5) is 0 Å². The van der Waals surface area contributed by atoms with Crippen LogP contribution in [0.5, 0.6) is 0 Å². The quantitative estimate of drug-likeness (QED) is 0.819. The minimum Gasteiger partial charge on any atom is -0.377 e. The SMILES string of the molecule is CCNC1CC(OC2CCC(C)C(C)C2)C1OC. The molecule has 2 saturated carbocycles. The molecular weight excluding hydrogens is 226 g/mol. The molecule has 6 atom stereocenters. The Labute approximate surface area is 112 Å². The first-order chi connectivity index (χ1) is 8.65. The first-order valence-electron chi connectivity index (χ1n) is 7.57. The van der Waals surface area contributed by atoms with Gasteiger partial charge in [0.05, 0.1) is 18.3 Å². The molecule has 3 nitrogen and oxygen atoms in total. The summed E-state index contributed by atoms with van der Waals surface area (Å²) in [6.45, 7) is 7.87. The minimum absolute atomic E-state index is 0.250. The van der Waals surface area contributed by atoms with Gasteiger partial charge >= 0.3 is 0 Å². The van der Waals surface area contributed by atoms with Gasteiger partial charge in [-0.05, 0) is 44.1 Å². The highest BCUT2D eigenvalue weighted by Crippen LogP contribution is 2.35. The molecule has 0 aliphatic heterocycles. The van der Waals surface area contributed by atoms with E-state index in [1.165, 1.54) is 19.3 Å². The molecule has 0 aromatic heterocycles. The van der Waals surface area contributed by atoms with E-state index in [1.54, 1.807) is 7.11 Å². The van der Waals surface area contributed by atoms with Crippen LogP contribution in [0.3, 0.4) is 0 Å². The zero-order valence-electron chi connectivity index (χ0n) is 12.3. The van der Waals surface area contributed by atoms with Crippen LogP contribution in [0.1, 0.15) is 46.5 Å². The number of hydrogen-bond acceptors (Lipinski definition) is 3. The Balaban J connectivity index is 1.77. The summed E-state index contributed by atoms with van der Waals surface area (Å²) in [7, 11) is 1.80. The van der Waals surface area contributed by atoms with Gasteiger partial charge in [0.15, 0.2) is 0 Å². The van der Waals surface area contributed by atoms with Gasteiger partial charge in [0.2, 0.25) is 0 Å². The van der Waals surface area contributed by atoms with Crippen molar-refractivity contribution in [2.45, 2.75) is 70.8 Å². The maximum atomic E-state index is 6.26. The average molecular weight is 255 g/mol. The molecule has 0 bridgehead atoms. The second kappa shape index (κ2) is 6.36. The third-order valence-corrected chi connectivity index (χ3v) is 4.91. The number of rotatable bonds is 5. The zero-order chi connectivity index (χ0) is 13.1. The highest BCUT2D eigenvalue weighted by molar-refractivity contribution is 4.97. The molecule has 0 aromatic rings. The monoisotopic (exact) mass is 255 g/mol. The van der Waals surface area contributed by atoms with Crippen molar-refractivity contribution in [3.8, 4) is 0 Å². The highest BCUT2D eigenvalue weighted by atomic mass is 16.5. The van der Waals surface area contributed by atoms with Gasteiger partial charge in [-0.15, -0.1) is 0 Å². The fourth-order valence-electron chi connectivity index (χ4n) is 3.36. The van der Waals surface area contributed by atoms with E-state index in [2.05, 4.69) is 26.1 Å². The summed E-state index contributed by atoms with van der Waals surface area (Å²) in [6, 6.07) is 0.491. The van der Waals surface area contributed by atoms with E-state index in [0.29, 0.717) is 18.2 Å². The molecule has 0 saturated heterocycles. The summed E-state index contributed by atoms with van der Waals surface area (Å²) in [5.74, 6) is 1.66. The summed E-state index contributed by atoms with van der Waals surface area (Å²) < 4.78 is 11.8. The zero-order valence-corrected chi connectivity index (χ0v) is 12.3. The van der Waals surface area contributed by atoms with E-state index in [-0.39, 0.29) is 6.10 Å². The lowest BCUT2D eigenvalue weighted by atomic mass is 9.79. The van der Waals surface area contributed by atoms with Crippen LogP contribution in [0.15, 0.2) is 0 Å². The van der Waals surface area contributed by atoms with Crippen LogP contribution >= 0.6 is 0 Å². The topological polar surface area (TPSA) is 30.5 Å². The van der Waals surface area contributed by atoms with Crippen LogP contribution in [0.2, 0.25) is 0 Å². The molecule has 0 heterocycles. The molecule has 0 aromatic carbocycles. The summed E-state index contributed by atoms with van der Waals surface area (Å²) >= 11 is 0. The van der Waals surface area contributed by atoms with Gasteiger partial charge in [0.25, 0.3) is 0 Å². The van der Waals surface area contributed by atoms with Gasteiger partial charge in [-0.1, -0.05) is 20.8 Å². The lowest BCUT2D eigenvalue weighted by molar-refractivity contribution is -0.166. The average Bonchev–Trinajstić information content (AvgIpc) is 2.32. The van der Waals surface area contributed by atoms with Gasteiger partial charge in [-0.2, -0.15) is 0 Å². The van der Waals surface area contributed by atoms with Crippen molar-refractivity contribution in [2.75, 3.05) is 13.7 Å². The Bertz CT molecular complexity index is 259. The summed E-state index contributed by atoms with van der Waals surface area (Å²) in [4.78, 5) is 0.